The summed E-state index contributed by atoms with van der Waals surface area (Å²) < 4.78 is 56.9. The molecule has 13 heteroatoms. The van der Waals surface area contributed by atoms with Crippen LogP contribution in [0, 0.1) is 0 Å². The fourth-order valence-corrected chi connectivity index (χ4v) is 8.86. The molecule has 0 radical (unpaired) electrons. The normalized spacial score (nSPS) is 25.7. The van der Waals surface area contributed by atoms with E-state index in [-0.39, 0.29) is 37.5 Å². The fraction of sp³-hybridized carbons (Fsp3) is 0.395. The molecule has 2 saturated heterocycles. The summed E-state index contributed by atoms with van der Waals surface area (Å²) in [6, 6.07) is 33.2. The van der Waals surface area contributed by atoms with Crippen LogP contribution in [0.25, 0.3) is 11.1 Å². The fourth-order valence-electron chi connectivity index (χ4n) is 8.19. The number of hydrogen-bond donors (Lipinski definition) is 2. The predicted octanol–water partition coefficient (Wildman–Crippen LogP) is 8.62. The highest BCUT2D eigenvalue weighted by molar-refractivity contribution is 7.46. The number of unbranched alkanes of at least 4 members (excludes halogenated alkanes) is 2. The summed E-state index contributed by atoms with van der Waals surface area (Å²) in [6.07, 6.45) is -4.30. The van der Waals surface area contributed by atoms with Crippen LogP contribution in [-0.4, -0.2) is 64.8 Å². The number of hydrogen-bond acceptors (Lipinski definition) is 10. The van der Waals surface area contributed by atoms with Gasteiger partial charge < -0.3 is 38.2 Å². The summed E-state index contributed by atoms with van der Waals surface area (Å²) >= 11 is 0. The van der Waals surface area contributed by atoms with Crippen molar-refractivity contribution < 1.29 is 56.9 Å². The Bertz CT molecular complexity index is 1980. The van der Waals surface area contributed by atoms with E-state index >= 15 is 0 Å². The second-order valence-electron chi connectivity index (χ2n) is 14.3. The number of benzene rings is 4. The van der Waals surface area contributed by atoms with E-state index < -0.39 is 55.9 Å². The Hall–Kier alpha value is -4.39. The first-order valence-electron chi connectivity index (χ1n) is 19.1. The zero-order chi connectivity index (χ0) is 39.3. The molecule has 0 amide bonds. The SMILES string of the molecule is CCCCC1(OP(=O)(O)O)O[C@@H]2COC(c3ccccc3)O[C@H]2[C@H](OC(=O)OCC2c3ccccc3-c3ccccc32)[C@@]1(CCCC)OC(=O)c1ccccc1. The summed E-state index contributed by atoms with van der Waals surface area (Å²) in [6.45, 7) is 3.59. The maximum atomic E-state index is 14.3. The van der Waals surface area contributed by atoms with E-state index in [1.54, 1.807) is 30.3 Å². The molecule has 296 valence electrons. The predicted molar refractivity (Wildman–Crippen MR) is 204 cm³/mol. The summed E-state index contributed by atoms with van der Waals surface area (Å²) in [5.74, 6) is -3.46. The van der Waals surface area contributed by atoms with Crippen molar-refractivity contribution in [3.8, 4) is 11.1 Å². The smallest absolute Gasteiger partial charge is 0.446 e. The molecule has 12 nitrogen and oxygen atoms in total. The van der Waals surface area contributed by atoms with E-state index in [1.807, 2.05) is 92.7 Å². The highest BCUT2D eigenvalue weighted by Crippen LogP contribution is 2.57. The summed E-state index contributed by atoms with van der Waals surface area (Å²) in [7, 11) is -5.39. The van der Waals surface area contributed by atoms with Crippen molar-refractivity contribution in [2.24, 2.45) is 0 Å². The molecular formula is C43H47O12P. The van der Waals surface area contributed by atoms with Crippen molar-refractivity contribution in [2.45, 2.75) is 94.3 Å². The second-order valence-corrected chi connectivity index (χ2v) is 15.5. The number of phosphoric acid groups is 1. The van der Waals surface area contributed by atoms with E-state index in [1.165, 1.54) is 0 Å². The average Bonchev–Trinajstić information content (AvgIpc) is 3.53. The number of carbonyl (C=O) groups is 2. The van der Waals surface area contributed by atoms with Gasteiger partial charge in [-0.1, -0.05) is 124 Å². The largest absolute Gasteiger partial charge is 0.508 e. The lowest BCUT2D eigenvalue weighted by Gasteiger charge is -2.59. The third-order valence-electron chi connectivity index (χ3n) is 10.7. The Labute approximate surface area is 326 Å². The summed E-state index contributed by atoms with van der Waals surface area (Å²) in [4.78, 5) is 49.6. The third kappa shape index (κ3) is 8.06. The minimum absolute atomic E-state index is 0.0769. The number of carbonyl (C=O) groups excluding carboxylic acids is 2. The maximum Gasteiger partial charge on any atom is 0.508 e. The molecule has 2 fully saturated rings. The van der Waals surface area contributed by atoms with Crippen molar-refractivity contribution in [3.05, 3.63) is 131 Å². The van der Waals surface area contributed by atoms with Crippen molar-refractivity contribution in [1.82, 2.24) is 0 Å². The lowest BCUT2D eigenvalue weighted by Crippen LogP contribution is -2.76. The summed E-state index contributed by atoms with van der Waals surface area (Å²) in [5, 5.41) is 0. The second kappa shape index (κ2) is 17.0. The van der Waals surface area contributed by atoms with Gasteiger partial charge in [0.1, 0.15) is 18.8 Å². The Morgan fingerprint density at radius 1 is 0.804 bits per heavy atom. The van der Waals surface area contributed by atoms with Gasteiger partial charge in [-0.15, -0.1) is 0 Å². The topological polar surface area (TPSA) is 156 Å². The van der Waals surface area contributed by atoms with Crippen LogP contribution in [0.15, 0.2) is 109 Å². The maximum absolute atomic E-state index is 14.3. The van der Waals surface area contributed by atoms with Crippen LogP contribution in [0.1, 0.15) is 91.6 Å². The van der Waals surface area contributed by atoms with Gasteiger partial charge in [0.15, 0.2) is 12.4 Å². The van der Waals surface area contributed by atoms with E-state index in [2.05, 4.69) is 0 Å². The van der Waals surface area contributed by atoms with Crippen LogP contribution in [-0.2, 0) is 37.5 Å². The van der Waals surface area contributed by atoms with Gasteiger partial charge in [0, 0.05) is 17.9 Å². The van der Waals surface area contributed by atoms with Gasteiger partial charge in [-0.3, -0.25) is 0 Å². The van der Waals surface area contributed by atoms with E-state index in [0.29, 0.717) is 31.2 Å². The molecule has 56 heavy (non-hydrogen) atoms. The van der Waals surface area contributed by atoms with E-state index in [9.17, 15) is 23.9 Å². The standard InChI is InChI=1S/C43H47O12P/c1-3-5-25-42(54-39(44)29-17-9-7-10-18-29)38(52-41(45)50-27-35-33-23-15-13-21-31(33)32-22-14-16-24-34(32)35)37-36(28-49-40(51-37)30-19-11-8-12-20-30)53-43(42,26-6-4-2)55-56(46,47)48/h7-24,35-38,40H,3-6,25-28H2,1-2H3,(H2,46,47,48)/t36-,37-,38+,40?,42-,43?/m1/s1. The van der Waals surface area contributed by atoms with Crippen molar-refractivity contribution in [2.75, 3.05) is 13.2 Å². The molecule has 0 aromatic heterocycles. The van der Waals surface area contributed by atoms with Gasteiger partial charge in [-0.2, -0.15) is 0 Å². The quantitative estimate of drug-likeness (QED) is 0.0928. The first kappa shape index (κ1) is 39.8. The molecule has 2 aliphatic heterocycles. The van der Waals surface area contributed by atoms with Gasteiger partial charge in [0.2, 0.25) is 11.4 Å². The molecular weight excluding hydrogens is 739 g/mol. The molecule has 4 aromatic rings. The molecule has 0 saturated carbocycles. The molecule has 2 N–H and O–H groups in total. The first-order chi connectivity index (χ1) is 27.1. The molecule has 0 spiro atoms. The van der Waals surface area contributed by atoms with Crippen LogP contribution in [0.3, 0.4) is 0 Å². The van der Waals surface area contributed by atoms with Crippen molar-refractivity contribution in [1.29, 1.82) is 0 Å². The Morgan fingerprint density at radius 3 is 2.02 bits per heavy atom. The van der Waals surface area contributed by atoms with Crippen LogP contribution < -0.4 is 0 Å². The number of phosphoric ester groups is 1. The molecule has 0 bridgehead atoms. The van der Waals surface area contributed by atoms with Gasteiger partial charge >= 0.3 is 19.9 Å². The van der Waals surface area contributed by atoms with Crippen LogP contribution in [0.5, 0.6) is 0 Å². The lowest BCUT2D eigenvalue weighted by molar-refractivity contribution is -0.417. The molecule has 1 aliphatic carbocycles. The monoisotopic (exact) mass is 786 g/mol. The molecule has 7 rings (SSSR count). The lowest BCUT2D eigenvalue weighted by atomic mass is 9.73. The number of rotatable bonds is 14. The first-order valence-corrected chi connectivity index (χ1v) is 20.7. The minimum Gasteiger partial charge on any atom is -0.446 e. The Balaban J connectivity index is 1.32. The molecule has 2 heterocycles. The molecule has 2 unspecified atom stereocenters. The van der Waals surface area contributed by atoms with Gasteiger partial charge in [0.25, 0.3) is 0 Å². The van der Waals surface area contributed by atoms with Crippen molar-refractivity contribution >= 4 is 19.9 Å². The van der Waals surface area contributed by atoms with Gasteiger partial charge in [-0.25, -0.2) is 18.7 Å². The highest BCUT2D eigenvalue weighted by Gasteiger charge is 2.72. The Morgan fingerprint density at radius 2 is 1.39 bits per heavy atom. The molecule has 4 aromatic carbocycles. The minimum atomic E-state index is -5.39. The number of fused-ring (bicyclic) bond motifs is 4. The summed E-state index contributed by atoms with van der Waals surface area (Å²) in [5.41, 5.74) is 2.73. The third-order valence-corrected chi connectivity index (χ3v) is 11.3. The molecule has 6 atom stereocenters. The van der Waals surface area contributed by atoms with Crippen molar-refractivity contribution in [3.63, 3.8) is 0 Å². The Kier molecular flexibility index (Phi) is 12.1. The van der Waals surface area contributed by atoms with E-state index in [4.69, 9.17) is 32.9 Å². The van der Waals surface area contributed by atoms with Crippen LogP contribution >= 0.6 is 7.82 Å². The zero-order valence-electron chi connectivity index (χ0n) is 31.4. The van der Waals surface area contributed by atoms with E-state index in [0.717, 1.165) is 22.3 Å². The van der Waals surface area contributed by atoms with Gasteiger partial charge in [0.05, 0.1) is 12.2 Å². The number of esters is 1. The van der Waals surface area contributed by atoms with Crippen LogP contribution in [0.4, 0.5) is 4.79 Å². The highest BCUT2D eigenvalue weighted by atomic mass is 31.2. The zero-order valence-corrected chi connectivity index (χ0v) is 32.3. The van der Waals surface area contributed by atoms with Crippen LogP contribution in [0.2, 0.25) is 0 Å². The number of ether oxygens (including phenoxy) is 6. The van der Waals surface area contributed by atoms with Gasteiger partial charge in [-0.05, 0) is 53.6 Å². The molecule has 3 aliphatic rings. The average molecular weight is 787 g/mol.